The second-order valence-electron chi connectivity index (χ2n) is 6.97. The lowest BCUT2D eigenvalue weighted by Crippen LogP contribution is -2.43. The second-order valence-corrected chi connectivity index (χ2v) is 8.23. The van der Waals surface area contributed by atoms with Crippen LogP contribution in [0.2, 0.25) is 10.0 Å². The molecule has 1 aliphatic carbocycles. The van der Waals surface area contributed by atoms with Crippen molar-refractivity contribution in [1.29, 1.82) is 0 Å². The highest BCUT2D eigenvalue weighted by molar-refractivity contribution is 7.80. The molecule has 6 heteroatoms. The van der Waals surface area contributed by atoms with E-state index in [2.05, 4.69) is 27.8 Å². The molecule has 0 spiro atoms. The van der Waals surface area contributed by atoms with Gasteiger partial charge in [-0.05, 0) is 61.3 Å². The summed E-state index contributed by atoms with van der Waals surface area (Å²) < 4.78 is 0. The average Bonchev–Trinajstić information content (AvgIpc) is 2.64. The Bertz CT molecular complexity index is 771. The summed E-state index contributed by atoms with van der Waals surface area (Å²) in [5.74, 6) is 0.702. The van der Waals surface area contributed by atoms with Crippen molar-refractivity contribution in [3.8, 4) is 0 Å². The maximum Gasteiger partial charge on any atom is 0.171 e. The highest BCUT2D eigenvalue weighted by atomic mass is 35.5. The number of anilines is 1. The first-order chi connectivity index (χ1) is 12.5. The SMILES string of the molecule is Cc1cc(NC(=S)NCC2(c3ccc(Cl)cc3)CCCCC2)ncc1Cl. The van der Waals surface area contributed by atoms with E-state index in [0.717, 1.165) is 30.0 Å². The molecule has 1 fully saturated rings. The number of hydrogen-bond donors (Lipinski definition) is 2. The molecule has 0 bridgehead atoms. The summed E-state index contributed by atoms with van der Waals surface area (Å²) >= 11 is 17.6. The number of nitrogens with zero attached hydrogens (tertiary/aromatic N) is 1. The molecule has 1 saturated carbocycles. The number of thiocarbonyl (C=S) groups is 1. The fraction of sp³-hybridized carbons (Fsp3) is 0.400. The summed E-state index contributed by atoms with van der Waals surface area (Å²) in [7, 11) is 0. The van der Waals surface area contributed by atoms with Crippen molar-refractivity contribution in [3.63, 3.8) is 0 Å². The molecule has 2 N–H and O–H groups in total. The van der Waals surface area contributed by atoms with Crippen molar-refractivity contribution in [2.24, 2.45) is 0 Å². The Kier molecular flexibility index (Phi) is 6.38. The Morgan fingerprint density at radius 1 is 1.15 bits per heavy atom. The normalized spacial score (nSPS) is 16.1. The van der Waals surface area contributed by atoms with Crippen LogP contribution in [-0.2, 0) is 5.41 Å². The molecule has 1 aromatic carbocycles. The van der Waals surface area contributed by atoms with Crippen LogP contribution in [0.25, 0.3) is 0 Å². The van der Waals surface area contributed by atoms with Crippen LogP contribution in [0, 0.1) is 6.92 Å². The van der Waals surface area contributed by atoms with Gasteiger partial charge < -0.3 is 10.6 Å². The van der Waals surface area contributed by atoms with Gasteiger partial charge >= 0.3 is 0 Å². The van der Waals surface area contributed by atoms with E-state index in [1.54, 1.807) is 6.20 Å². The summed E-state index contributed by atoms with van der Waals surface area (Å²) in [6.07, 6.45) is 7.72. The van der Waals surface area contributed by atoms with E-state index < -0.39 is 0 Å². The van der Waals surface area contributed by atoms with Gasteiger partial charge in [0.2, 0.25) is 0 Å². The molecule has 0 aliphatic heterocycles. The minimum Gasteiger partial charge on any atom is -0.362 e. The first kappa shape index (κ1) is 19.4. The summed E-state index contributed by atoms with van der Waals surface area (Å²) in [4.78, 5) is 4.27. The molecule has 0 saturated heterocycles. The molecule has 138 valence electrons. The Morgan fingerprint density at radius 2 is 1.85 bits per heavy atom. The van der Waals surface area contributed by atoms with Gasteiger partial charge in [-0.3, -0.25) is 0 Å². The number of halogens is 2. The fourth-order valence-electron chi connectivity index (χ4n) is 3.62. The Balaban J connectivity index is 1.68. The molecule has 3 nitrogen and oxygen atoms in total. The zero-order chi connectivity index (χ0) is 18.6. The number of nitrogens with one attached hydrogen (secondary N) is 2. The molecular weight excluding hydrogens is 385 g/mol. The molecule has 1 heterocycles. The molecule has 0 radical (unpaired) electrons. The van der Waals surface area contributed by atoms with Crippen LogP contribution >= 0.6 is 35.4 Å². The summed E-state index contributed by atoms with van der Waals surface area (Å²) in [6.45, 7) is 2.75. The molecule has 1 aliphatic rings. The molecule has 0 amide bonds. The van der Waals surface area contributed by atoms with Crippen LogP contribution in [0.1, 0.15) is 43.2 Å². The molecule has 1 aromatic heterocycles. The third-order valence-electron chi connectivity index (χ3n) is 5.14. The Labute approximate surface area is 170 Å². The largest absolute Gasteiger partial charge is 0.362 e. The van der Waals surface area contributed by atoms with E-state index in [0.29, 0.717) is 16.0 Å². The van der Waals surface area contributed by atoms with Crippen LogP contribution in [0.4, 0.5) is 5.82 Å². The van der Waals surface area contributed by atoms with Gasteiger partial charge in [-0.15, -0.1) is 0 Å². The molecule has 26 heavy (non-hydrogen) atoms. The molecule has 0 atom stereocenters. The maximum absolute atomic E-state index is 6.07. The van der Waals surface area contributed by atoms with Crippen molar-refractivity contribution in [3.05, 3.63) is 57.7 Å². The highest BCUT2D eigenvalue weighted by Crippen LogP contribution is 2.39. The Morgan fingerprint density at radius 3 is 2.50 bits per heavy atom. The number of hydrogen-bond acceptors (Lipinski definition) is 2. The molecular formula is C20H23Cl2N3S. The predicted molar refractivity (Wildman–Crippen MR) is 114 cm³/mol. The lowest BCUT2D eigenvalue weighted by molar-refractivity contribution is 0.292. The average molecular weight is 408 g/mol. The van der Waals surface area contributed by atoms with E-state index in [9.17, 15) is 0 Å². The summed E-state index contributed by atoms with van der Waals surface area (Å²) in [5, 5.41) is 8.57. The highest BCUT2D eigenvalue weighted by Gasteiger charge is 2.33. The second kappa shape index (κ2) is 8.55. The van der Waals surface area contributed by atoms with Gasteiger partial charge in [-0.25, -0.2) is 4.98 Å². The quantitative estimate of drug-likeness (QED) is 0.619. The predicted octanol–water partition coefficient (Wildman–Crippen LogP) is 5.89. The van der Waals surface area contributed by atoms with Crippen molar-refractivity contribution in [2.45, 2.75) is 44.4 Å². The topological polar surface area (TPSA) is 37.0 Å². The van der Waals surface area contributed by atoms with E-state index in [1.165, 1.54) is 24.8 Å². The van der Waals surface area contributed by atoms with E-state index >= 15 is 0 Å². The van der Waals surface area contributed by atoms with Gasteiger partial charge in [0, 0.05) is 23.2 Å². The van der Waals surface area contributed by atoms with E-state index in [-0.39, 0.29) is 5.41 Å². The molecule has 3 rings (SSSR count). The van der Waals surface area contributed by atoms with Crippen molar-refractivity contribution in [1.82, 2.24) is 10.3 Å². The first-order valence-corrected chi connectivity index (χ1v) is 10.1. The number of rotatable bonds is 4. The lowest BCUT2D eigenvalue weighted by Gasteiger charge is -2.38. The number of aromatic nitrogens is 1. The minimum absolute atomic E-state index is 0.0952. The van der Waals surface area contributed by atoms with Crippen LogP contribution in [0.3, 0.4) is 0 Å². The zero-order valence-corrected chi connectivity index (χ0v) is 17.1. The molecule has 0 unspecified atom stereocenters. The van der Waals surface area contributed by atoms with Gasteiger partial charge in [0.1, 0.15) is 5.82 Å². The van der Waals surface area contributed by atoms with Gasteiger partial charge in [0.15, 0.2) is 5.11 Å². The third-order valence-corrected chi connectivity index (χ3v) is 6.04. The van der Waals surface area contributed by atoms with Crippen molar-refractivity contribution >= 4 is 46.4 Å². The zero-order valence-electron chi connectivity index (χ0n) is 14.8. The number of pyridine rings is 1. The number of aryl methyl sites for hydroxylation is 1. The summed E-state index contributed by atoms with van der Waals surface area (Å²) in [6, 6.07) is 10.1. The third kappa shape index (κ3) is 4.67. The van der Waals surface area contributed by atoms with Gasteiger partial charge in [-0.1, -0.05) is 54.6 Å². The maximum atomic E-state index is 6.07. The van der Waals surface area contributed by atoms with E-state index in [4.69, 9.17) is 35.4 Å². The van der Waals surface area contributed by atoms with E-state index in [1.807, 2.05) is 25.1 Å². The van der Waals surface area contributed by atoms with Crippen molar-refractivity contribution in [2.75, 3.05) is 11.9 Å². The smallest absolute Gasteiger partial charge is 0.171 e. The number of benzene rings is 1. The van der Waals surface area contributed by atoms with Crippen LogP contribution in [-0.4, -0.2) is 16.6 Å². The van der Waals surface area contributed by atoms with Crippen LogP contribution < -0.4 is 10.6 Å². The summed E-state index contributed by atoms with van der Waals surface area (Å²) in [5.41, 5.74) is 2.40. The lowest BCUT2D eigenvalue weighted by atomic mass is 9.69. The van der Waals surface area contributed by atoms with Gasteiger partial charge in [0.25, 0.3) is 0 Å². The molecule has 2 aromatic rings. The Hall–Kier alpha value is -1.36. The van der Waals surface area contributed by atoms with Crippen LogP contribution in [0.15, 0.2) is 36.5 Å². The standard InChI is InChI=1S/C20H23Cl2N3S/c1-14-11-18(23-12-17(14)22)25-19(26)24-13-20(9-3-2-4-10-20)15-5-7-16(21)8-6-15/h5-8,11-12H,2-4,9-10,13H2,1H3,(H2,23,24,25,26). The van der Waals surface area contributed by atoms with Crippen molar-refractivity contribution < 1.29 is 0 Å². The van der Waals surface area contributed by atoms with Crippen LogP contribution in [0.5, 0.6) is 0 Å². The fourth-order valence-corrected chi connectivity index (χ4v) is 4.02. The minimum atomic E-state index is 0.0952. The van der Waals surface area contributed by atoms with Gasteiger partial charge in [0.05, 0.1) is 5.02 Å². The monoisotopic (exact) mass is 407 g/mol. The van der Waals surface area contributed by atoms with Gasteiger partial charge in [-0.2, -0.15) is 0 Å². The first-order valence-electron chi connectivity index (χ1n) is 8.92.